The van der Waals surface area contributed by atoms with Gasteiger partial charge in [0, 0.05) is 28.2 Å². The number of nitrogens with one attached hydrogen (secondary N) is 1. The minimum absolute atomic E-state index is 0.782. The molecule has 4 nitrogen and oxygen atoms in total. The number of para-hydroxylation sites is 1. The van der Waals surface area contributed by atoms with E-state index in [0.717, 1.165) is 46.3 Å². The number of halogens is 1. The summed E-state index contributed by atoms with van der Waals surface area (Å²) in [7, 11) is 0. The van der Waals surface area contributed by atoms with Crippen LogP contribution >= 0.6 is 15.9 Å². The number of pyridine rings is 1. The van der Waals surface area contributed by atoms with Gasteiger partial charge in [-0.1, -0.05) is 25.1 Å². The van der Waals surface area contributed by atoms with Crippen molar-refractivity contribution in [3.8, 4) is 5.82 Å². The fraction of sp³-hybridized carbons (Fsp3) is 0.250. The van der Waals surface area contributed by atoms with Gasteiger partial charge in [0.2, 0.25) is 0 Å². The van der Waals surface area contributed by atoms with Gasteiger partial charge in [-0.3, -0.25) is 0 Å². The highest BCUT2D eigenvalue weighted by atomic mass is 79.9. The Labute approximate surface area is 132 Å². The predicted octanol–water partition coefficient (Wildman–Crippen LogP) is 3.68. The lowest BCUT2D eigenvalue weighted by atomic mass is 10.2. The van der Waals surface area contributed by atoms with Crippen LogP contribution in [0, 0.1) is 0 Å². The van der Waals surface area contributed by atoms with Gasteiger partial charge in [-0.15, -0.1) is 0 Å². The topological polar surface area (TPSA) is 42.7 Å². The van der Waals surface area contributed by atoms with Crippen LogP contribution in [0.25, 0.3) is 16.7 Å². The van der Waals surface area contributed by atoms with Gasteiger partial charge in [0.15, 0.2) is 5.82 Å². The maximum Gasteiger partial charge on any atom is 0.158 e. The molecule has 0 atom stereocenters. The zero-order chi connectivity index (χ0) is 14.7. The molecule has 108 valence electrons. The molecule has 0 saturated heterocycles. The fourth-order valence-electron chi connectivity index (χ4n) is 2.34. The van der Waals surface area contributed by atoms with Gasteiger partial charge in [-0.2, -0.15) is 5.10 Å². The van der Waals surface area contributed by atoms with Crippen molar-refractivity contribution in [3.05, 3.63) is 52.8 Å². The lowest BCUT2D eigenvalue weighted by Crippen LogP contribution is -2.16. The summed E-state index contributed by atoms with van der Waals surface area (Å²) in [5, 5.41) is 9.04. The average molecular weight is 345 g/mol. The molecule has 0 radical (unpaired) electrons. The molecule has 1 N–H and O–H groups in total. The minimum atomic E-state index is 0.782. The van der Waals surface area contributed by atoms with Crippen LogP contribution in [-0.4, -0.2) is 21.3 Å². The van der Waals surface area contributed by atoms with Crippen LogP contribution in [0.4, 0.5) is 0 Å². The summed E-state index contributed by atoms with van der Waals surface area (Å²) in [6.07, 6.45) is 4.80. The molecule has 1 aromatic carbocycles. The van der Waals surface area contributed by atoms with Crippen molar-refractivity contribution in [3.63, 3.8) is 0 Å². The number of fused-ring (bicyclic) bond motifs is 1. The van der Waals surface area contributed by atoms with Gasteiger partial charge in [0.05, 0.1) is 11.7 Å². The molecule has 5 heteroatoms. The number of nitrogens with zero attached hydrogens (tertiary/aromatic N) is 3. The number of hydrogen-bond donors (Lipinski definition) is 1. The smallest absolute Gasteiger partial charge is 0.158 e. The molecule has 0 fully saturated rings. The van der Waals surface area contributed by atoms with Crippen molar-refractivity contribution in [1.82, 2.24) is 20.1 Å². The quantitative estimate of drug-likeness (QED) is 0.718. The Bertz CT molecular complexity index is 751. The first-order chi connectivity index (χ1) is 10.3. The van der Waals surface area contributed by atoms with Gasteiger partial charge in [-0.05, 0) is 41.0 Å². The maximum atomic E-state index is 4.56. The van der Waals surface area contributed by atoms with Crippen molar-refractivity contribution in [2.24, 2.45) is 0 Å². The first kappa shape index (κ1) is 14.2. The van der Waals surface area contributed by atoms with Gasteiger partial charge in [-0.25, -0.2) is 9.67 Å². The van der Waals surface area contributed by atoms with Crippen LogP contribution in [0.3, 0.4) is 0 Å². The molecule has 0 spiro atoms. The standard InChI is InChI=1S/C16H17BrN4/c1-2-7-18-9-13-8-14(17)11-19-16(13)21-15-6-4-3-5-12(15)10-20-21/h3-6,8,10-11,18H,2,7,9H2,1H3. The Morgan fingerprint density at radius 3 is 2.95 bits per heavy atom. The molecule has 3 rings (SSSR count). The highest BCUT2D eigenvalue weighted by Crippen LogP contribution is 2.21. The third-order valence-electron chi connectivity index (χ3n) is 3.33. The Kier molecular flexibility index (Phi) is 4.31. The predicted molar refractivity (Wildman–Crippen MR) is 88.6 cm³/mol. The lowest BCUT2D eigenvalue weighted by molar-refractivity contribution is 0.667. The maximum absolute atomic E-state index is 4.56. The second-order valence-electron chi connectivity index (χ2n) is 4.93. The van der Waals surface area contributed by atoms with Crippen LogP contribution < -0.4 is 5.32 Å². The molecule has 0 aliphatic heterocycles. The molecular formula is C16H17BrN4. The number of rotatable bonds is 5. The van der Waals surface area contributed by atoms with E-state index in [4.69, 9.17) is 0 Å². The van der Waals surface area contributed by atoms with E-state index in [1.54, 1.807) is 0 Å². The van der Waals surface area contributed by atoms with Crippen LogP contribution in [0.5, 0.6) is 0 Å². The second-order valence-corrected chi connectivity index (χ2v) is 5.84. The third-order valence-corrected chi connectivity index (χ3v) is 3.76. The SMILES string of the molecule is CCCNCc1cc(Br)cnc1-n1ncc2ccccc21. The zero-order valence-corrected chi connectivity index (χ0v) is 13.5. The van der Waals surface area contributed by atoms with E-state index in [1.165, 1.54) is 0 Å². The summed E-state index contributed by atoms with van der Waals surface area (Å²) in [4.78, 5) is 4.56. The van der Waals surface area contributed by atoms with Gasteiger partial charge in [0.25, 0.3) is 0 Å². The summed E-state index contributed by atoms with van der Waals surface area (Å²) in [5.74, 6) is 0.878. The van der Waals surface area contributed by atoms with Crippen molar-refractivity contribution in [2.75, 3.05) is 6.54 Å². The normalized spacial score (nSPS) is 11.1. The Balaban J connectivity index is 2.04. The van der Waals surface area contributed by atoms with Crippen molar-refractivity contribution >= 4 is 26.8 Å². The highest BCUT2D eigenvalue weighted by molar-refractivity contribution is 9.10. The molecule has 0 amide bonds. The molecule has 2 heterocycles. The molecule has 0 aliphatic rings. The summed E-state index contributed by atoms with van der Waals surface area (Å²) in [6.45, 7) is 3.93. The molecular weight excluding hydrogens is 328 g/mol. The van der Waals surface area contributed by atoms with Gasteiger partial charge >= 0.3 is 0 Å². The Morgan fingerprint density at radius 2 is 2.10 bits per heavy atom. The number of hydrogen-bond acceptors (Lipinski definition) is 3. The van der Waals surface area contributed by atoms with E-state index < -0.39 is 0 Å². The molecule has 0 aliphatic carbocycles. The molecule has 0 bridgehead atoms. The number of aromatic nitrogens is 3. The minimum Gasteiger partial charge on any atom is -0.313 e. The molecule has 0 saturated carbocycles. The van der Waals surface area contributed by atoms with E-state index in [2.05, 4.69) is 56.5 Å². The lowest BCUT2D eigenvalue weighted by Gasteiger charge is -2.11. The zero-order valence-electron chi connectivity index (χ0n) is 11.9. The molecule has 3 aromatic rings. The van der Waals surface area contributed by atoms with E-state index in [1.807, 2.05) is 29.2 Å². The monoisotopic (exact) mass is 344 g/mol. The second kappa shape index (κ2) is 6.37. The van der Waals surface area contributed by atoms with E-state index in [-0.39, 0.29) is 0 Å². The van der Waals surface area contributed by atoms with E-state index in [9.17, 15) is 0 Å². The third kappa shape index (κ3) is 2.99. The van der Waals surface area contributed by atoms with E-state index >= 15 is 0 Å². The molecule has 0 unspecified atom stereocenters. The van der Waals surface area contributed by atoms with Crippen molar-refractivity contribution in [1.29, 1.82) is 0 Å². The summed E-state index contributed by atoms with van der Waals surface area (Å²) < 4.78 is 2.89. The largest absolute Gasteiger partial charge is 0.313 e. The van der Waals surface area contributed by atoms with Crippen LogP contribution in [0.15, 0.2) is 47.2 Å². The van der Waals surface area contributed by atoms with Crippen LogP contribution in [-0.2, 0) is 6.54 Å². The number of benzene rings is 1. The first-order valence-corrected chi connectivity index (χ1v) is 7.87. The van der Waals surface area contributed by atoms with Crippen molar-refractivity contribution in [2.45, 2.75) is 19.9 Å². The summed E-state index contributed by atoms with van der Waals surface area (Å²) >= 11 is 3.50. The summed E-state index contributed by atoms with van der Waals surface area (Å²) in [6, 6.07) is 10.3. The Hall–Kier alpha value is -1.72. The van der Waals surface area contributed by atoms with E-state index in [0.29, 0.717) is 0 Å². The van der Waals surface area contributed by atoms with Crippen LogP contribution in [0.1, 0.15) is 18.9 Å². The van der Waals surface area contributed by atoms with Crippen LogP contribution in [0.2, 0.25) is 0 Å². The fourth-order valence-corrected chi connectivity index (χ4v) is 2.71. The highest BCUT2D eigenvalue weighted by Gasteiger charge is 2.11. The van der Waals surface area contributed by atoms with Crippen molar-refractivity contribution < 1.29 is 0 Å². The molecule has 2 aromatic heterocycles. The average Bonchev–Trinajstić information content (AvgIpc) is 2.92. The van der Waals surface area contributed by atoms with Gasteiger partial charge < -0.3 is 5.32 Å². The molecule has 21 heavy (non-hydrogen) atoms. The Morgan fingerprint density at radius 1 is 1.24 bits per heavy atom. The van der Waals surface area contributed by atoms with Gasteiger partial charge in [0.1, 0.15) is 0 Å². The first-order valence-electron chi connectivity index (χ1n) is 7.08. The summed E-state index contributed by atoms with van der Waals surface area (Å²) in [5.41, 5.74) is 2.20.